The summed E-state index contributed by atoms with van der Waals surface area (Å²) >= 11 is 6.15. The molecule has 4 rings (SSSR count). The van der Waals surface area contributed by atoms with Gasteiger partial charge in [0.25, 0.3) is 5.91 Å². The van der Waals surface area contributed by atoms with Crippen LogP contribution in [0.1, 0.15) is 5.76 Å². The van der Waals surface area contributed by atoms with Gasteiger partial charge in [-0.05, 0) is 23.8 Å². The van der Waals surface area contributed by atoms with Crippen LogP contribution in [0.3, 0.4) is 0 Å². The zero-order valence-corrected chi connectivity index (χ0v) is 15.0. The van der Waals surface area contributed by atoms with Crippen LogP contribution in [0, 0.1) is 5.82 Å². The number of methoxy groups -OCH3 is 1. The Balaban J connectivity index is 1.79. The Hall–Kier alpha value is -2.71. The van der Waals surface area contributed by atoms with Gasteiger partial charge in [-0.1, -0.05) is 30.0 Å². The second-order valence-corrected chi connectivity index (χ2v) is 7.17. The van der Waals surface area contributed by atoms with Gasteiger partial charge in [-0.2, -0.15) is 0 Å². The lowest BCUT2D eigenvalue weighted by atomic mass is 10.1. The Morgan fingerprint density at radius 2 is 2.19 bits per heavy atom. The summed E-state index contributed by atoms with van der Waals surface area (Å²) in [6.07, 6.45) is 4.88. The molecule has 1 aromatic carbocycles. The minimum Gasteiger partial charge on any atom is -0.494 e. The average molecular weight is 386 g/mol. The minimum atomic E-state index is -0.469. The molecule has 1 N–H and O–H groups in total. The largest absolute Gasteiger partial charge is 0.494 e. The van der Waals surface area contributed by atoms with Crippen molar-refractivity contribution in [1.82, 2.24) is 10.3 Å². The number of thioether (sulfide) groups is 1. The molecule has 0 atom stereocenters. The number of furan rings is 1. The zero-order chi connectivity index (χ0) is 18.3. The molecule has 3 aromatic rings. The monoisotopic (exact) mass is 386 g/mol. The first-order valence-corrected chi connectivity index (χ1v) is 8.74. The normalized spacial score (nSPS) is 15.7. The van der Waals surface area contributed by atoms with E-state index in [1.54, 1.807) is 36.7 Å². The molecule has 2 aromatic heterocycles. The van der Waals surface area contributed by atoms with Crippen molar-refractivity contribution in [1.29, 1.82) is 0 Å². The number of fused-ring (bicyclic) bond motifs is 1. The first kappa shape index (κ1) is 16.7. The van der Waals surface area contributed by atoms with Crippen molar-refractivity contribution in [2.45, 2.75) is 0 Å². The number of amides is 1. The van der Waals surface area contributed by atoms with Gasteiger partial charge in [-0.3, -0.25) is 9.78 Å². The molecule has 26 heavy (non-hydrogen) atoms. The Bertz CT molecular complexity index is 1090. The van der Waals surface area contributed by atoms with Gasteiger partial charge in [0.15, 0.2) is 11.6 Å². The zero-order valence-electron chi connectivity index (χ0n) is 13.4. The number of hydrogen-bond acceptors (Lipinski definition) is 6. The lowest BCUT2D eigenvalue weighted by Crippen LogP contribution is -2.17. The first-order chi connectivity index (χ1) is 12.5. The third kappa shape index (κ3) is 2.97. The van der Waals surface area contributed by atoms with Crippen LogP contribution < -0.4 is 10.1 Å². The smallest absolute Gasteiger partial charge is 0.263 e. The van der Waals surface area contributed by atoms with E-state index in [0.717, 1.165) is 5.39 Å². The van der Waals surface area contributed by atoms with Crippen molar-refractivity contribution in [3.05, 3.63) is 53.1 Å². The summed E-state index contributed by atoms with van der Waals surface area (Å²) in [7, 11) is 1.41. The number of nitrogens with zero attached hydrogens (tertiary/aromatic N) is 1. The van der Waals surface area contributed by atoms with E-state index < -0.39 is 5.82 Å². The van der Waals surface area contributed by atoms with Gasteiger partial charge >= 0.3 is 0 Å². The first-order valence-electron chi connectivity index (χ1n) is 7.51. The highest BCUT2D eigenvalue weighted by atomic mass is 32.2. The fourth-order valence-electron chi connectivity index (χ4n) is 2.64. The van der Waals surface area contributed by atoms with Gasteiger partial charge in [0.05, 0.1) is 12.0 Å². The molecule has 8 heteroatoms. The number of carbonyl (C=O) groups excluding carboxylic acids is 1. The van der Waals surface area contributed by atoms with Crippen molar-refractivity contribution < 1.29 is 18.3 Å². The molecule has 0 bridgehead atoms. The summed E-state index contributed by atoms with van der Waals surface area (Å²) in [6.45, 7) is 0. The highest BCUT2D eigenvalue weighted by Gasteiger charge is 2.23. The van der Waals surface area contributed by atoms with Crippen LogP contribution in [-0.4, -0.2) is 22.3 Å². The molecule has 1 aliphatic heterocycles. The summed E-state index contributed by atoms with van der Waals surface area (Å²) in [5.41, 5.74) is 1.82. The maximum atomic E-state index is 14.0. The van der Waals surface area contributed by atoms with Crippen LogP contribution >= 0.6 is 24.0 Å². The number of hydrogen-bond donors (Lipinski definition) is 1. The van der Waals surface area contributed by atoms with E-state index >= 15 is 0 Å². The van der Waals surface area contributed by atoms with E-state index in [9.17, 15) is 9.18 Å². The maximum absolute atomic E-state index is 14.0. The number of nitrogens with one attached hydrogen (secondary N) is 1. The molecule has 0 aliphatic carbocycles. The van der Waals surface area contributed by atoms with Crippen molar-refractivity contribution in [2.24, 2.45) is 0 Å². The molecule has 1 amide bonds. The highest BCUT2D eigenvalue weighted by Crippen LogP contribution is 2.34. The number of pyridine rings is 1. The van der Waals surface area contributed by atoms with Crippen molar-refractivity contribution in [2.75, 3.05) is 7.11 Å². The molecule has 1 saturated heterocycles. The van der Waals surface area contributed by atoms with E-state index in [1.165, 1.54) is 24.9 Å². The Labute approximate surface area is 157 Å². The molecular weight excluding hydrogens is 375 g/mol. The Kier molecular flexibility index (Phi) is 4.21. The number of rotatable bonds is 3. The predicted octanol–water partition coefficient (Wildman–Crippen LogP) is 4.13. The third-order valence-electron chi connectivity index (χ3n) is 3.82. The van der Waals surface area contributed by atoms with Gasteiger partial charge in [0.1, 0.15) is 15.7 Å². The molecule has 3 heterocycles. The van der Waals surface area contributed by atoms with Crippen molar-refractivity contribution in [3.8, 4) is 16.9 Å². The van der Waals surface area contributed by atoms with Crippen LogP contribution in [-0.2, 0) is 4.79 Å². The van der Waals surface area contributed by atoms with Gasteiger partial charge < -0.3 is 14.5 Å². The van der Waals surface area contributed by atoms with E-state index in [2.05, 4.69) is 10.3 Å². The second kappa shape index (κ2) is 6.54. The fourth-order valence-corrected chi connectivity index (χ4v) is 3.67. The topological polar surface area (TPSA) is 64.4 Å². The maximum Gasteiger partial charge on any atom is 0.263 e. The molecule has 0 unspecified atom stereocenters. The van der Waals surface area contributed by atoms with E-state index in [1.807, 2.05) is 0 Å². The van der Waals surface area contributed by atoms with Crippen LogP contribution in [0.5, 0.6) is 5.75 Å². The van der Waals surface area contributed by atoms with Gasteiger partial charge in [0, 0.05) is 29.4 Å². The number of ether oxygens (including phenoxy) is 1. The number of benzene rings is 1. The lowest BCUT2D eigenvalue weighted by Gasteiger charge is -2.05. The van der Waals surface area contributed by atoms with E-state index in [0.29, 0.717) is 31.7 Å². The third-order valence-corrected chi connectivity index (χ3v) is 4.98. The number of carbonyl (C=O) groups is 1. The summed E-state index contributed by atoms with van der Waals surface area (Å²) in [4.78, 5) is 16.4. The van der Waals surface area contributed by atoms with Crippen molar-refractivity contribution in [3.63, 3.8) is 0 Å². The van der Waals surface area contributed by atoms with Crippen LogP contribution in [0.25, 0.3) is 28.2 Å². The van der Waals surface area contributed by atoms with Gasteiger partial charge in [-0.25, -0.2) is 4.39 Å². The second-order valence-electron chi connectivity index (χ2n) is 5.46. The highest BCUT2D eigenvalue weighted by molar-refractivity contribution is 8.26. The van der Waals surface area contributed by atoms with Crippen LogP contribution in [0.4, 0.5) is 4.39 Å². The molecule has 0 saturated carbocycles. The number of aromatic nitrogens is 1. The minimum absolute atomic E-state index is 0.166. The fraction of sp³-hybridized carbons (Fsp3) is 0.0556. The summed E-state index contributed by atoms with van der Waals surface area (Å²) in [6, 6.07) is 6.43. The van der Waals surface area contributed by atoms with Crippen LogP contribution in [0.2, 0.25) is 0 Å². The lowest BCUT2D eigenvalue weighted by molar-refractivity contribution is -0.115. The number of halogens is 1. The standard InChI is InChI=1S/C18H11FN2O3S2/c1-23-14-3-2-9(5-13(14)19)12-8-20-7-10-4-11(24-16(10)12)6-15-17(22)21-18(25)26-15/h2-8H,1H3,(H,21,22,25). The quantitative estimate of drug-likeness (QED) is 0.539. The summed E-state index contributed by atoms with van der Waals surface area (Å²) in [5.74, 6) is -0.0657. The molecular formula is C18H11FN2O3S2. The van der Waals surface area contributed by atoms with Crippen molar-refractivity contribution >= 4 is 51.3 Å². The SMILES string of the molecule is COc1ccc(-c2cncc3cc(C=C4SC(=S)NC4=O)oc23)cc1F. The summed E-state index contributed by atoms with van der Waals surface area (Å²) in [5, 5.41) is 3.30. The average Bonchev–Trinajstić information content (AvgIpc) is 3.16. The molecule has 1 fully saturated rings. The Morgan fingerprint density at radius 3 is 2.88 bits per heavy atom. The predicted molar refractivity (Wildman–Crippen MR) is 102 cm³/mol. The van der Waals surface area contributed by atoms with E-state index in [4.69, 9.17) is 21.4 Å². The number of thiocarbonyl (C=S) groups is 1. The molecule has 5 nitrogen and oxygen atoms in total. The summed E-state index contributed by atoms with van der Waals surface area (Å²) < 4.78 is 25.3. The van der Waals surface area contributed by atoms with Gasteiger partial charge in [0.2, 0.25) is 0 Å². The van der Waals surface area contributed by atoms with Crippen LogP contribution in [0.15, 0.2) is 46.0 Å². The van der Waals surface area contributed by atoms with Gasteiger partial charge in [-0.15, -0.1) is 0 Å². The molecule has 130 valence electrons. The Morgan fingerprint density at radius 1 is 1.35 bits per heavy atom. The molecule has 0 radical (unpaired) electrons. The molecule has 0 spiro atoms. The van der Waals surface area contributed by atoms with E-state index in [-0.39, 0.29) is 11.7 Å². The molecule has 1 aliphatic rings.